The van der Waals surface area contributed by atoms with Crippen LogP contribution < -0.4 is 9.47 Å². The van der Waals surface area contributed by atoms with Gasteiger partial charge < -0.3 is 19.5 Å². The molecule has 1 aromatic carbocycles. The zero-order chi connectivity index (χ0) is 23.7. The van der Waals surface area contributed by atoms with Crippen molar-refractivity contribution in [3.8, 4) is 11.5 Å². The van der Waals surface area contributed by atoms with Crippen molar-refractivity contribution in [3.63, 3.8) is 0 Å². The Hall–Kier alpha value is -1.59. The lowest BCUT2D eigenvalue weighted by Crippen LogP contribution is -2.76. The number of carbonyl (C=O) groups excluding carboxylic acids is 1. The summed E-state index contributed by atoms with van der Waals surface area (Å²) in [4.78, 5) is 13.6. The summed E-state index contributed by atoms with van der Waals surface area (Å²) in [6.07, 6.45) is -4.68. The molecule has 2 fully saturated rings. The number of hydrogen-bond acceptors (Lipinski definition) is 5. The number of methoxy groups -OCH3 is 1. The van der Waals surface area contributed by atoms with Gasteiger partial charge in [-0.3, -0.25) is 4.79 Å². The highest BCUT2D eigenvalue weighted by molar-refractivity contribution is 5.90. The number of Topliss-reactive ketones (excluding diaryl/α,β-unsaturated/α-hetero) is 1. The van der Waals surface area contributed by atoms with Gasteiger partial charge in [-0.2, -0.15) is 0 Å². The van der Waals surface area contributed by atoms with Crippen LogP contribution in [0.2, 0.25) is 0 Å². The molecule has 2 heterocycles. The van der Waals surface area contributed by atoms with E-state index in [1.54, 1.807) is 0 Å². The summed E-state index contributed by atoms with van der Waals surface area (Å²) in [7, 11) is -2.85. The maximum atomic E-state index is 12.9. The smallest absolute Gasteiger partial charge is 0.174 e. The fourth-order valence-corrected chi connectivity index (χ4v) is 4.79. The Bertz CT molecular complexity index is 1040. The topological polar surface area (TPSA) is 59.0 Å². The van der Waals surface area contributed by atoms with Crippen LogP contribution in [0.4, 0.5) is 0 Å². The predicted molar refractivity (Wildman–Crippen MR) is 83.0 cm³/mol. The van der Waals surface area contributed by atoms with E-state index < -0.39 is 43.5 Å². The molecule has 1 saturated carbocycles. The maximum Gasteiger partial charge on any atom is 0.174 e. The fourth-order valence-electron chi connectivity index (χ4n) is 4.79. The van der Waals surface area contributed by atoms with Gasteiger partial charge in [-0.05, 0) is 44.4 Å². The van der Waals surface area contributed by atoms with E-state index in [9.17, 15) is 11.3 Å². The first-order valence-corrected chi connectivity index (χ1v) is 7.59. The Balaban J connectivity index is 1.88. The molecule has 0 radical (unpaired) electrons. The Morgan fingerprint density at radius 2 is 2.48 bits per heavy atom. The summed E-state index contributed by atoms with van der Waals surface area (Å²) in [5, 5.41) is 12.1. The number of ether oxygens (including phenoxy) is 2. The highest BCUT2D eigenvalue weighted by Crippen LogP contribution is 2.64. The van der Waals surface area contributed by atoms with Gasteiger partial charge in [0.15, 0.2) is 23.4 Å². The molecule has 2 aliphatic carbocycles. The van der Waals surface area contributed by atoms with Crippen LogP contribution >= 0.6 is 0 Å². The van der Waals surface area contributed by atoms with Crippen molar-refractivity contribution in [3.05, 3.63) is 23.3 Å². The summed E-state index contributed by atoms with van der Waals surface area (Å²) in [6.45, 7) is -3.17. The molecule has 1 N–H and O–H groups in total. The van der Waals surface area contributed by atoms with E-state index in [1.165, 1.54) is 12.1 Å². The van der Waals surface area contributed by atoms with Crippen molar-refractivity contribution in [2.45, 2.75) is 48.8 Å². The van der Waals surface area contributed by atoms with E-state index in [0.717, 1.165) is 0 Å². The van der Waals surface area contributed by atoms with Crippen molar-refractivity contribution in [1.82, 2.24) is 4.90 Å². The molecular formula is C18H21NO4. The number of rotatable bonds is 1. The first-order chi connectivity index (χ1) is 14.5. The van der Waals surface area contributed by atoms with Gasteiger partial charge in [0.1, 0.15) is 0 Å². The van der Waals surface area contributed by atoms with E-state index in [1.807, 2.05) is 0 Å². The molecule has 1 saturated heterocycles. The molecule has 2 aliphatic heterocycles. The second kappa shape index (κ2) is 4.08. The van der Waals surface area contributed by atoms with E-state index in [4.69, 9.17) is 20.4 Å². The summed E-state index contributed by atoms with van der Waals surface area (Å²) in [6, 6.07) is -0.245. The molecule has 1 unspecified atom stereocenters. The molecule has 5 heteroatoms. The minimum atomic E-state index is -2.88. The maximum absolute atomic E-state index is 12.9. The summed E-state index contributed by atoms with van der Waals surface area (Å²) >= 11 is 0. The number of nitrogens with zero attached hydrogens (tertiary/aromatic N) is 1. The van der Waals surface area contributed by atoms with Crippen LogP contribution in [-0.4, -0.2) is 54.1 Å². The van der Waals surface area contributed by atoms with Crippen LogP contribution in [0.15, 0.2) is 12.1 Å². The lowest BCUT2D eigenvalue weighted by atomic mass is 9.49. The van der Waals surface area contributed by atoms with Crippen LogP contribution in [0, 0.1) is 0 Å². The summed E-state index contributed by atoms with van der Waals surface area (Å²) in [5.74, 6) is -0.761. The quantitative estimate of drug-likeness (QED) is 0.837. The highest BCUT2D eigenvalue weighted by atomic mass is 16.5. The number of benzene rings is 1. The van der Waals surface area contributed by atoms with Crippen molar-refractivity contribution >= 4 is 5.78 Å². The fraction of sp³-hybridized carbons (Fsp3) is 0.611. The standard InChI is InChI=1S/C18H21NO4/c1-19-8-7-17-14-10-3-4-12(22-2)15(14)23-16(17)11(20)5-6-18(17,21)13(19)9-10/h3-4,13,16,21H,5-9H2,1-2H3/t13-,16?,17+,18-/m1/s1/i1D3,2D3,9D2,13D. The third kappa shape index (κ3) is 1.32. The normalized spacial score (nSPS) is 52.8. The number of piperidine rings is 1. The van der Waals surface area contributed by atoms with Crippen LogP contribution in [0.3, 0.4) is 0 Å². The Morgan fingerprint density at radius 3 is 3.30 bits per heavy atom. The minimum Gasteiger partial charge on any atom is -0.493 e. The molecule has 2 bridgehead atoms. The average Bonchev–Trinajstić information content (AvgIpc) is 2.98. The monoisotopic (exact) mass is 324 g/mol. The second-order valence-corrected chi connectivity index (χ2v) is 6.59. The number of hydrogen-bond donors (Lipinski definition) is 1. The molecule has 5 nitrogen and oxygen atoms in total. The largest absolute Gasteiger partial charge is 0.493 e. The van der Waals surface area contributed by atoms with E-state index in [-0.39, 0.29) is 54.2 Å². The van der Waals surface area contributed by atoms with Crippen LogP contribution in [0.25, 0.3) is 0 Å². The lowest BCUT2D eigenvalue weighted by Gasteiger charge is -2.62. The van der Waals surface area contributed by atoms with Crippen molar-refractivity contribution in [2.75, 3.05) is 20.6 Å². The van der Waals surface area contributed by atoms with E-state index in [2.05, 4.69) is 0 Å². The van der Waals surface area contributed by atoms with Crippen molar-refractivity contribution in [1.29, 1.82) is 0 Å². The average molecular weight is 324 g/mol. The summed E-state index contributed by atoms with van der Waals surface area (Å²) < 4.78 is 84.1. The zero-order valence-corrected chi connectivity index (χ0v) is 12.2. The molecule has 1 spiro atoms. The number of aliphatic hydroxyl groups is 1. The molecule has 0 aromatic heterocycles. The SMILES string of the molecule is [2H]C([2H])([2H])Oc1ccc2c3c1OC1C(=O)CC[C@]4(O)[C@@]31CCN(C([2H])([2H])[2H])[C@]4([2H])C2([2H])[2H]. The Labute approximate surface area is 147 Å². The molecule has 5 rings (SSSR count). The second-order valence-electron chi connectivity index (χ2n) is 6.59. The highest BCUT2D eigenvalue weighted by Gasteiger charge is 2.72. The molecule has 4 atom stereocenters. The van der Waals surface area contributed by atoms with E-state index in [0.29, 0.717) is 4.90 Å². The number of carbonyl (C=O) groups is 1. The van der Waals surface area contributed by atoms with Gasteiger partial charge in [-0.1, -0.05) is 6.07 Å². The first kappa shape index (κ1) is 7.53. The Morgan fingerprint density at radius 1 is 1.57 bits per heavy atom. The number of likely N-dealkylation sites (tertiary alicyclic amines) is 1. The van der Waals surface area contributed by atoms with Gasteiger partial charge in [0, 0.05) is 24.9 Å². The van der Waals surface area contributed by atoms with Crippen LogP contribution in [0.5, 0.6) is 11.5 Å². The first-order valence-electron chi connectivity index (χ1n) is 12.1. The van der Waals surface area contributed by atoms with Gasteiger partial charge in [-0.25, -0.2) is 0 Å². The third-order valence-corrected chi connectivity index (χ3v) is 5.77. The van der Waals surface area contributed by atoms with Gasteiger partial charge in [0.05, 0.1) is 23.5 Å². The molecule has 1 aromatic rings. The minimum absolute atomic E-state index is 0.0910. The molecule has 4 aliphatic rings. The lowest BCUT2D eigenvalue weighted by molar-refractivity contribution is -0.185. The predicted octanol–water partition coefficient (Wildman–Crippen LogP) is 1.05. The number of ketones is 1. The molecular weight excluding hydrogens is 294 g/mol. The molecule has 122 valence electrons. The molecule has 0 amide bonds. The van der Waals surface area contributed by atoms with Gasteiger partial charge in [-0.15, -0.1) is 0 Å². The van der Waals surface area contributed by atoms with Crippen LogP contribution in [-0.2, 0) is 16.6 Å². The Kier molecular flexibility index (Phi) is 1.34. The van der Waals surface area contributed by atoms with Crippen molar-refractivity contribution < 1.29 is 31.7 Å². The third-order valence-electron chi connectivity index (χ3n) is 5.77. The van der Waals surface area contributed by atoms with Gasteiger partial charge >= 0.3 is 0 Å². The molecule has 23 heavy (non-hydrogen) atoms. The van der Waals surface area contributed by atoms with E-state index >= 15 is 0 Å². The van der Waals surface area contributed by atoms with Crippen molar-refractivity contribution in [2.24, 2.45) is 0 Å². The zero-order valence-electron chi connectivity index (χ0n) is 21.2. The number of likely N-dealkylation sites (N-methyl/N-ethyl adjacent to an activating group) is 1. The summed E-state index contributed by atoms with van der Waals surface area (Å²) in [5.41, 5.74) is -3.92. The van der Waals surface area contributed by atoms with Gasteiger partial charge in [0.25, 0.3) is 0 Å². The van der Waals surface area contributed by atoms with Crippen LogP contribution in [0.1, 0.15) is 42.7 Å². The van der Waals surface area contributed by atoms with Gasteiger partial charge in [0.2, 0.25) is 0 Å².